The number of carbonyl (C=O) groups is 1. The Morgan fingerprint density at radius 1 is 1.53 bits per heavy atom. The fourth-order valence-electron chi connectivity index (χ4n) is 1.92. The van der Waals surface area contributed by atoms with Gasteiger partial charge in [0.25, 0.3) is 0 Å². The van der Waals surface area contributed by atoms with Crippen LogP contribution in [0.15, 0.2) is 29.4 Å². The summed E-state index contributed by atoms with van der Waals surface area (Å²) in [7, 11) is 1.36. The summed E-state index contributed by atoms with van der Waals surface area (Å²) >= 11 is 0. The van der Waals surface area contributed by atoms with Gasteiger partial charge in [0.15, 0.2) is 0 Å². The number of benzene rings is 1. The number of methoxy groups -OCH3 is 1. The van der Waals surface area contributed by atoms with Gasteiger partial charge in [0.05, 0.1) is 18.7 Å². The van der Waals surface area contributed by atoms with E-state index in [0.29, 0.717) is 12.1 Å². The molecule has 0 saturated carbocycles. The molecule has 1 aromatic carbocycles. The van der Waals surface area contributed by atoms with Crippen LogP contribution in [0.2, 0.25) is 0 Å². The van der Waals surface area contributed by atoms with Gasteiger partial charge in [-0.05, 0) is 5.56 Å². The minimum Gasteiger partial charge on any atom is -0.469 e. The smallest absolute Gasteiger partial charge is 0.313 e. The van der Waals surface area contributed by atoms with Crippen LogP contribution < -0.4 is 0 Å². The second-order valence-corrected chi connectivity index (χ2v) is 3.41. The number of rotatable bonds is 1. The Morgan fingerprint density at radius 3 is 2.93 bits per heavy atom. The monoisotopic (exact) mass is 205 g/mol. The highest BCUT2D eigenvalue weighted by molar-refractivity contribution is 6.08. The molecule has 0 heterocycles. The summed E-state index contributed by atoms with van der Waals surface area (Å²) in [5, 5.41) is 12.0. The Morgan fingerprint density at radius 2 is 2.27 bits per heavy atom. The maximum atomic E-state index is 11.5. The Hall–Kier alpha value is -1.84. The predicted molar refractivity (Wildman–Crippen MR) is 54.1 cm³/mol. The van der Waals surface area contributed by atoms with Gasteiger partial charge in [-0.1, -0.05) is 29.4 Å². The molecule has 0 aromatic heterocycles. The summed E-state index contributed by atoms with van der Waals surface area (Å²) in [6.07, 6.45) is 0.405. The zero-order valence-electron chi connectivity index (χ0n) is 8.30. The average molecular weight is 205 g/mol. The first-order valence-electron chi connectivity index (χ1n) is 4.66. The van der Waals surface area contributed by atoms with Gasteiger partial charge in [-0.2, -0.15) is 0 Å². The molecular formula is C11H11NO3. The maximum absolute atomic E-state index is 11.5. The average Bonchev–Trinajstić information content (AvgIpc) is 2.67. The third-order valence-electron chi connectivity index (χ3n) is 2.65. The van der Waals surface area contributed by atoms with Crippen LogP contribution in [-0.4, -0.2) is 24.0 Å². The quantitative estimate of drug-likeness (QED) is 0.429. The van der Waals surface area contributed by atoms with E-state index in [4.69, 9.17) is 9.94 Å². The van der Waals surface area contributed by atoms with Gasteiger partial charge in [-0.15, -0.1) is 0 Å². The highest BCUT2D eigenvalue weighted by atomic mass is 16.5. The van der Waals surface area contributed by atoms with Crippen molar-refractivity contribution in [2.75, 3.05) is 7.11 Å². The number of hydrogen-bond donors (Lipinski definition) is 1. The highest BCUT2D eigenvalue weighted by Crippen LogP contribution is 2.33. The molecule has 0 amide bonds. The lowest BCUT2D eigenvalue weighted by Crippen LogP contribution is -2.11. The number of hydrogen-bond acceptors (Lipinski definition) is 4. The molecule has 1 aromatic rings. The zero-order chi connectivity index (χ0) is 10.8. The third kappa shape index (κ3) is 1.48. The molecule has 0 radical (unpaired) electrons. The summed E-state index contributed by atoms with van der Waals surface area (Å²) in [6.45, 7) is 0. The molecule has 15 heavy (non-hydrogen) atoms. The highest BCUT2D eigenvalue weighted by Gasteiger charge is 2.33. The lowest BCUT2D eigenvalue weighted by Gasteiger charge is -2.06. The van der Waals surface area contributed by atoms with Crippen LogP contribution in [0.4, 0.5) is 0 Å². The van der Waals surface area contributed by atoms with Crippen molar-refractivity contribution in [1.82, 2.24) is 0 Å². The van der Waals surface area contributed by atoms with Crippen molar-refractivity contribution < 1.29 is 14.7 Å². The van der Waals surface area contributed by atoms with E-state index in [2.05, 4.69) is 5.16 Å². The normalized spacial score (nSPS) is 21.4. The second-order valence-electron chi connectivity index (χ2n) is 3.41. The first-order chi connectivity index (χ1) is 7.27. The lowest BCUT2D eigenvalue weighted by atomic mass is 10.0. The molecule has 1 aliphatic carbocycles. The lowest BCUT2D eigenvalue weighted by molar-refractivity contribution is -0.142. The number of carbonyl (C=O) groups excluding carboxylic acids is 1. The van der Waals surface area contributed by atoms with Gasteiger partial charge in [0.2, 0.25) is 0 Å². The molecule has 1 N–H and O–H groups in total. The van der Waals surface area contributed by atoms with Crippen LogP contribution in [0.1, 0.15) is 23.5 Å². The van der Waals surface area contributed by atoms with Crippen molar-refractivity contribution >= 4 is 11.7 Å². The summed E-state index contributed by atoms with van der Waals surface area (Å²) in [4.78, 5) is 11.5. The van der Waals surface area contributed by atoms with Crippen LogP contribution in [0.25, 0.3) is 0 Å². The van der Waals surface area contributed by atoms with E-state index in [0.717, 1.165) is 11.1 Å². The summed E-state index contributed by atoms with van der Waals surface area (Å²) in [6, 6.07) is 7.40. The molecule has 0 saturated heterocycles. The molecular weight excluding hydrogens is 194 g/mol. The fourth-order valence-corrected chi connectivity index (χ4v) is 1.92. The van der Waals surface area contributed by atoms with Crippen molar-refractivity contribution in [2.24, 2.45) is 5.16 Å². The van der Waals surface area contributed by atoms with E-state index in [-0.39, 0.29) is 11.9 Å². The van der Waals surface area contributed by atoms with Gasteiger partial charge in [-0.3, -0.25) is 4.79 Å². The van der Waals surface area contributed by atoms with Gasteiger partial charge in [0.1, 0.15) is 0 Å². The predicted octanol–water partition coefficient (Wildman–Crippen LogP) is 1.53. The molecule has 78 valence electrons. The summed E-state index contributed by atoms with van der Waals surface area (Å²) < 4.78 is 4.71. The van der Waals surface area contributed by atoms with E-state index >= 15 is 0 Å². The molecule has 0 bridgehead atoms. The molecule has 0 fully saturated rings. The fraction of sp³-hybridized carbons (Fsp3) is 0.273. The van der Waals surface area contributed by atoms with E-state index in [1.54, 1.807) is 0 Å². The Kier molecular flexibility index (Phi) is 2.41. The molecule has 1 aliphatic rings. The van der Waals surface area contributed by atoms with Crippen molar-refractivity contribution in [3.8, 4) is 0 Å². The second kappa shape index (κ2) is 3.73. The number of esters is 1. The minimum atomic E-state index is -0.336. The number of ether oxygens (including phenoxy) is 1. The van der Waals surface area contributed by atoms with Gasteiger partial charge >= 0.3 is 5.97 Å². The summed E-state index contributed by atoms with van der Waals surface area (Å²) in [5.41, 5.74) is 2.24. The number of oxime groups is 1. The van der Waals surface area contributed by atoms with Crippen LogP contribution in [0, 0.1) is 0 Å². The van der Waals surface area contributed by atoms with Crippen LogP contribution >= 0.6 is 0 Å². The standard InChI is InChI=1S/C11H11NO3/c1-15-11(13)9-6-10(12-14)8-5-3-2-4-7(8)9/h2-5,9,14H,6H2,1H3/b12-10+/t9-/m1/s1. The molecule has 4 heteroatoms. The van der Waals surface area contributed by atoms with E-state index < -0.39 is 0 Å². The molecule has 4 nitrogen and oxygen atoms in total. The molecule has 2 rings (SSSR count). The SMILES string of the molecule is COC(=O)[C@@H]1C/C(=N\O)c2ccccc21. The summed E-state index contributed by atoms with van der Waals surface area (Å²) in [5.74, 6) is -0.627. The maximum Gasteiger partial charge on any atom is 0.313 e. The van der Waals surface area contributed by atoms with E-state index in [1.807, 2.05) is 24.3 Å². The molecule has 1 atom stereocenters. The Balaban J connectivity index is 2.46. The topological polar surface area (TPSA) is 58.9 Å². The van der Waals surface area contributed by atoms with Gasteiger partial charge in [0, 0.05) is 12.0 Å². The Labute approximate surface area is 87.2 Å². The van der Waals surface area contributed by atoms with Crippen molar-refractivity contribution in [2.45, 2.75) is 12.3 Å². The Bertz CT molecular complexity index is 426. The van der Waals surface area contributed by atoms with Crippen molar-refractivity contribution in [3.63, 3.8) is 0 Å². The largest absolute Gasteiger partial charge is 0.469 e. The molecule has 0 spiro atoms. The van der Waals surface area contributed by atoms with E-state index in [9.17, 15) is 4.79 Å². The van der Waals surface area contributed by atoms with Gasteiger partial charge < -0.3 is 9.94 Å². The van der Waals surface area contributed by atoms with Crippen LogP contribution in [0.5, 0.6) is 0 Å². The van der Waals surface area contributed by atoms with Crippen LogP contribution in [0.3, 0.4) is 0 Å². The van der Waals surface area contributed by atoms with Gasteiger partial charge in [-0.25, -0.2) is 0 Å². The first-order valence-corrected chi connectivity index (χ1v) is 4.66. The number of fused-ring (bicyclic) bond motifs is 1. The van der Waals surface area contributed by atoms with Crippen molar-refractivity contribution in [3.05, 3.63) is 35.4 Å². The van der Waals surface area contributed by atoms with Crippen LogP contribution in [-0.2, 0) is 9.53 Å². The first kappa shape index (κ1) is 9.71. The van der Waals surface area contributed by atoms with Crippen molar-refractivity contribution in [1.29, 1.82) is 0 Å². The number of nitrogens with zero attached hydrogens (tertiary/aromatic N) is 1. The third-order valence-corrected chi connectivity index (χ3v) is 2.65. The molecule has 0 unspecified atom stereocenters. The van der Waals surface area contributed by atoms with E-state index in [1.165, 1.54) is 7.11 Å². The molecule has 0 aliphatic heterocycles. The zero-order valence-corrected chi connectivity index (χ0v) is 8.30. The minimum absolute atomic E-state index is 0.291.